The molecule has 0 atom stereocenters. The Bertz CT molecular complexity index is 423. The molecule has 0 spiro atoms. The highest BCUT2D eigenvalue weighted by Crippen LogP contribution is 2.21. The molecule has 0 bridgehead atoms. The topological polar surface area (TPSA) is 20.3 Å². The van der Waals surface area contributed by atoms with Crippen molar-refractivity contribution >= 4 is 37.8 Å². The molecule has 0 fully saturated rings. The molecule has 0 heterocycles. The first-order valence-electron chi connectivity index (χ1n) is 5.33. The van der Waals surface area contributed by atoms with Crippen molar-refractivity contribution in [2.75, 3.05) is 13.1 Å². The van der Waals surface area contributed by atoms with Crippen LogP contribution in [0.25, 0.3) is 0 Å². The molecule has 0 saturated heterocycles. The number of benzene rings is 1. The molecule has 0 N–H and O–H groups in total. The van der Waals surface area contributed by atoms with Gasteiger partial charge in [0.25, 0.3) is 5.91 Å². The number of carbonyl (C=O) groups is 1. The summed E-state index contributed by atoms with van der Waals surface area (Å²) in [7, 11) is 0. The Morgan fingerprint density at radius 3 is 2.24 bits per heavy atom. The van der Waals surface area contributed by atoms with E-state index < -0.39 is 0 Å². The summed E-state index contributed by atoms with van der Waals surface area (Å²) in [4.78, 5) is 14.0. The van der Waals surface area contributed by atoms with Gasteiger partial charge in [-0.15, -0.1) is 0 Å². The predicted molar refractivity (Wildman–Crippen MR) is 78.2 cm³/mol. The number of likely N-dealkylation sites (N-methyl/N-ethyl adjacent to an activating group) is 1. The van der Waals surface area contributed by atoms with E-state index >= 15 is 0 Å². The molecule has 17 heavy (non-hydrogen) atoms. The molecule has 1 amide bonds. The Kier molecular flexibility index (Phi) is 5.40. The maximum Gasteiger partial charge on any atom is 0.254 e. The lowest BCUT2D eigenvalue weighted by molar-refractivity contribution is 0.0778. The van der Waals surface area contributed by atoms with Gasteiger partial charge in [0.2, 0.25) is 0 Å². The van der Waals surface area contributed by atoms with Crippen LogP contribution in [0.4, 0.5) is 0 Å². The van der Waals surface area contributed by atoms with E-state index in [2.05, 4.69) is 38.4 Å². The van der Waals surface area contributed by atoms with Gasteiger partial charge in [0.15, 0.2) is 0 Å². The number of hydrogen-bond donors (Lipinski definition) is 0. The van der Waals surface area contributed by atoms with Crippen molar-refractivity contribution in [3.63, 3.8) is 0 Å². The van der Waals surface area contributed by atoms with E-state index in [1.165, 1.54) is 0 Å². The minimum absolute atomic E-state index is 0.0255. The molecule has 0 radical (unpaired) electrons. The summed E-state index contributed by atoms with van der Waals surface area (Å²) >= 11 is 6.77. The molecule has 0 aromatic heterocycles. The minimum atomic E-state index is 0.0255. The van der Waals surface area contributed by atoms with E-state index in [9.17, 15) is 4.79 Å². The summed E-state index contributed by atoms with van der Waals surface area (Å²) in [6, 6.07) is 5.56. The molecule has 0 unspecified atom stereocenters. The van der Waals surface area contributed by atoms with Gasteiger partial charge in [-0.1, -0.05) is 44.0 Å². The highest BCUT2D eigenvalue weighted by Gasteiger charge is 2.14. The second-order valence-corrected chi connectivity index (χ2v) is 5.77. The van der Waals surface area contributed by atoms with Crippen molar-refractivity contribution in [3.8, 4) is 0 Å². The molecular formula is C13H15Br2NO. The Balaban J connectivity index is 2.97. The average molecular weight is 361 g/mol. The first kappa shape index (κ1) is 14.5. The minimum Gasteiger partial charge on any atom is -0.335 e. The van der Waals surface area contributed by atoms with Crippen LogP contribution in [0.3, 0.4) is 0 Å². The second-order valence-electron chi connectivity index (χ2n) is 3.93. The first-order chi connectivity index (χ1) is 7.93. The summed E-state index contributed by atoms with van der Waals surface area (Å²) < 4.78 is 1.78. The third-order valence-corrected chi connectivity index (χ3v) is 3.15. The number of nitrogens with zero attached hydrogens (tertiary/aromatic N) is 1. The number of hydrogen-bond acceptors (Lipinski definition) is 1. The van der Waals surface area contributed by atoms with Gasteiger partial charge >= 0.3 is 0 Å². The lowest BCUT2D eigenvalue weighted by Crippen LogP contribution is -2.32. The van der Waals surface area contributed by atoms with Crippen LogP contribution in [0.2, 0.25) is 0 Å². The van der Waals surface area contributed by atoms with E-state index in [1.807, 2.05) is 32.0 Å². The highest BCUT2D eigenvalue weighted by molar-refractivity contribution is 9.11. The summed E-state index contributed by atoms with van der Waals surface area (Å²) in [6.45, 7) is 9.00. The van der Waals surface area contributed by atoms with Crippen LogP contribution in [-0.4, -0.2) is 23.9 Å². The Hall–Kier alpha value is -0.610. The summed E-state index contributed by atoms with van der Waals surface area (Å²) in [5.74, 6) is 0.0255. The van der Waals surface area contributed by atoms with E-state index in [1.54, 1.807) is 4.90 Å². The van der Waals surface area contributed by atoms with Crippen molar-refractivity contribution in [1.29, 1.82) is 0 Å². The largest absolute Gasteiger partial charge is 0.335 e. The molecule has 1 aromatic carbocycles. The Morgan fingerprint density at radius 1 is 1.29 bits per heavy atom. The third-order valence-electron chi connectivity index (χ3n) is 2.24. The molecule has 92 valence electrons. The van der Waals surface area contributed by atoms with Crippen LogP contribution in [0, 0.1) is 0 Å². The van der Waals surface area contributed by atoms with Gasteiger partial charge in [0.1, 0.15) is 0 Å². The average Bonchev–Trinajstić information content (AvgIpc) is 2.23. The second kappa shape index (κ2) is 6.36. The number of amides is 1. The maximum absolute atomic E-state index is 12.3. The van der Waals surface area contributed by atoms with Gasteiger partial charge < -0.3 is 4.90 Å². The van der Waals surface area contributed by atoms with Crippen LogP contribution in [-0.2, 0) is 0 Å². The lowest BCUT2D eigenvalue weighted by Gasteiger charge is -2.21. The van der Waals surface area contributed by atoms with Gasteiger partial charge in [-0.2, -0.15) is 0 Å². The number of rotatable bonds is 4. The SMILES string of the molecule is C=C(C)CN(CC)C(=O)c1cc(Br)cc(Br)c1. The zero-order chi connectivity index (χ0) is 13.0. The van der Waals surface area contributed by atoms with Crippen LogP contribution >= 0.6 is 31.9 Å². The van der Waals surface area contributed by atoms with Gasteiger partial charge in [0, 0.05) is 27.6 Å². The molecule has 0 saturated carbocycles. The van der Waals surface area contributed by atoms with Gasteiger partial charge in [0.05, 0.1) is 0 Å². The van der Waals surface area contributed by atoms with Crippen LogP contribution in [0.15, 0.2) is 39.3 Å². The zero-order valence-corrected chi connectivity index (χ0v) is 13.1. The van der Waals surface area contributed by atoms with Crippen LogP contribution < -0.4 is 0 Å². The fourth-order valence-corrected chi connectivity index (χ4v) is 2.81. The summed E-state index contributed by atoms with van der Waals surface area (Å²) in [5, 5.41) is 0. The Morgan fingerprint density at radius 2 is 1.82 bits per heavy atom. The summed E-state index contributed by atoms with van der Waals surface area (Å²) in [5.41, 5.74) is 1.66. The van der Waals surface area contributed by atoms with Crippen molar-refractivity contribution < 1.29 is 4.79 Å². The number of carbonyl (C=O) groups excluding carboxylic acids is 1. The predicted octanol–water partition coefficient (Wildman–Crippen LogP) is 4.25. The van der Waals surface area contributed by atoms with Gasteiger partial charge in [-0.3, -0.25) is 4.79 Å². The van der Waals surface area contributed by atoms with E-state index in [-0.39, 0.29) is 5.91 Å². The van der Waals surface area contributed by atoms with Crippen molar-refractivity contribution in [2.24, 2.45) is 0 Å². The van der Waals surface area contributed by atoms with Crippen molar-refractivity contribution in [1.82, 2.24) is 4.90 Å². The van der Waals surface area contributed by atoms with Crippen molar-refractivity contribution in [2.45, 2.75) is 13.8 Å². The van der Waals surface area contributed by atoms with E-state index in [0.717, 1.165) is 14.5 Å². The zero-order valence-electron chi connectivity index (χ0n) is 9.96. The molecule has 1 aromatic rings. The molecule has 0 aliphatic heterocycles. The van der Waals surface area contributed by atoms with Gasteiger partial charge in [-0.05, 0) is 32.0 Å². The molecule has 2 nitrogen and oxygen atoms in total. The van der Waals surface area contributed by atoms with E-state index in [4.69, 9.17) is 0 Å². The molecular weight excluding hydrogens is 346 g/mol. The molecule has 1 rings (SSSR count). The number of halogens is 2. The monoisotopic (exact) mass is 359 g/mol. The summed E-state index contributed by atoms with van der Waals surface area (Å²) in [6.07, 6.45) is 0. The fraction of sp³-hybridized carbons (Fsp3) is 0.308. The maximum atomic E-state index is 12.3. The van der Waals surface area contributed by atoms with Crippen LogP contribution in [0.1, 0.15) is 24.2 Å². The van der Waals surface area contributed by atoms with E-state index in [0.29, 0.717) is 18.7 Å². The Labute approximate surface area is 119 Å². The van der Waals surface area contributed by atoms with Crippen LogP contribution in [0.5, 0.6) is 0 Å². The smallest absolute Gasteiger partial charge is 0.254 e. The molecule has 4 heteroatoms. The lowest BCUT2D eigenvalue weighted by atomic mass is 10.2. The fourth-order valence-electron chi connectivity index (χ4n) is 1.51. The highest BCUT2D eigenvalue weighted by atomic mass is 79.9. The molecule has 0 aliphatic carbocycles. The molecule has 0 aliphatic rings. The normalized spacial score (nSPS) is 10.1. The van der Waals surface area contributed by atoms with Crippen molar-refractivity contribution in [3.05, 3.63) is 44.9 Å². The standard InChI is InChI=1S/C13H15Br2NO/c1-4-16(8-9(2)3)13(17)10-5-11(14)7-12(15)6-10/h5-7H,2,4,8H2,1,3H3. The third kappa shape index (κ3) is 4.28. The van der Waals surface area contributed by atoms with Gasteiger partial charge in [-0.25, -0.2) is 0 Å². The first-order valence-corrected chi connectivity index (χ1v) is 6.92. The quantitative estimate of drug-likeness (QED) is 0.735.